The zero-order valence-corrected chi connectivity index (χ0v) is 14.4. The summed E-state index contributed by atoms with van der Waals surface area (Å²) in [5.74, 6) is 0.777. The molecule has 1 amide bonds. The Hall–Kier alpha value is -1.30. The number of ether oxygens (including phenoxy) is 1. The zero-order chi connectivity index (χ0) is 15.2. The standard InChI is InChI=1S/C16H25N3O2.ClH/c1-13-10-19(9-8-17-13)11-14-6-4-5-7-15(14)21-12-16(20)18(2)3;/h4-7,13,17H,8-12H2,1-3H3;1H/t13-;/m1./s1. The summed E-state index contributed by atoms with van der Waals surface area (Å²) in [4.78, 5) is 15.6. The van der Waals surface area contributed by atoms with Crippen LogP contribution in [0.25, 0.3) is 0 Å². The molecule has 1 aromatic rings. The molecule has 0 unspecified atom stereocenters. The van der Waals surface area contributed by atoms with E-state index in [4.69, 9.17) is 4.74 Å². The van der Waals surface area contributed by atoms with Gasteiger partial charge in [0.2, 0.25) is 0 Å². The van der Waals surface area contributed by atoms with Gasteiger partial charge in [-0.2, -0.15) is 0 Å². The van der Waals surface area contributed by atoms with Gasteiger partial charge in [-0.25, -0.2) is 0 Å². The van der Waals surface area contributed by atoms with Gasteiger partial charge in [-0.3, -0.25) is 9.69 Å². The predicted octanol–water partition coefficient (Wildman–Crippen LogP) is 1.37. The summed E-state index contributed by atoms with van der Waals surface area (Å²) in [5.41, 5.74) is 1.14. The number of likely N-dealkylation sites (N-methyl/N-ethyl adjacent to an activating group) is 1. The molecule has 6 heteroatoms. The minimum atomic E-state index is -0.0272. The molecular weight excluding hydrogens is 302 g/mol. The Morgan fingerprint density at radius 3 is 2.82 bits per heavy atom. The summed E-state index contributed by atoms with van der Waals surface area (Å²) >= 11 is 0. The zero-order valence-electron chi connectivity index (χ0n) is 13.5. The number of halogens is 1. The van der Waals surface area contributed by atoms with Crippen molar-refractivity contribution in [2.45, 2.75) is 19.5 Å². The Morgan fingerprint density at radius 1 is 1.41 bits per heavy atom. The minimum absolute atomic E-state index is 0. The van der Waals surface area contributed by atoms with E-state index in [9.17, 15) is 4.79 Å². The number of nitrogens with zero attached hydrogens (tertiary/aromatic N) is 2. The van der Waals surface area contributed by atoms with Gasteiger partial charge in [-0.05, 0) is 13.0 Å². The lowest BCUT2D eigenvalue weighted by Gasteiger charge is -2.32. The summed E-state index contributed by atoms with van der Waals surface area (Å²) < 4.78 is 5.70. The summed E-state index contributed by atoms with van der Waals surface area (Å²) in [6.07, 6.45) is 0. The molecule has 1 N–H and O–H groups in total. The monoisotopic (exact) mass is 327 g/mol. The fraction of sp³-hybridized carbons (Fsp3) is 0.562. The van der Waals surface area contributed by atoms with Gasteiger partial charge in [0.1, 0.15) is 5.75 Å². The van der Waals surface area contributed by atoms with E-state index in [-0.39, 0.29) is 24.9 Å². The van der Waals surface area contributed by atoms with Crippen LogP contribution in [0.4, 0.5) is 0 Å². The molecule has 0 radical (unpaired) electrons. The molecule has 1 aliphatic heterocycles. The maximum absolute atomic E-state index is 11.6. The minimum Gasteiger partial charge on any atom is -0.483 e. The van der Waals surface area contributed by atoms with E-state index in [1.807, 2.05) is 18.2 Å². The third-order valence-corrected chi connectivity index (χ3v) is 3.67. The van der Waals surface area contributed by atoms with E-state index in [2.05, 4.69) is 23.2 Å². The number of benzene rings is 1. The van der Waals surface area contributed by atoms with Crippen LogP contribution in [0.1, 0.15) is 12.5 Å². The number of rotatable bonds is 5. The Morgan fingerprint density at radius 2 is 2.14 bits per heavy atom. The van der Waals surface area contributed by atoms with Crippen molar-refractivity contribution in [2.75, 3.05) is 40.3 Å². The topological polar surface area (TPSA) is 44.8 Å². The molecule has 124 valence electrons. The quantitative estimate of drug-likeness (QED) is 0.887. The van der Waals surface area contributed by atoms with Crippen molar-refractivity contribution in [1.82, 2.24) is 15.1 Å². The van der Waals surface area contributed by atoms with Crippen LogP contribution in [-0.2, 0) is 11.3 Å². The number of para-hydroxylation sites is 1. The van der Waals surface area contributed by atoms with Gasteiger partial charge < -0.3 is 15.0 Å². The molecule has 1 aromatic carbocycles. The SMILES string of the molecule is C[C@@H]1CN(Cc2ccccc2OCC(=O)N(C)C)CCN1.Cl. The van der Waals surface area contributed by atoms with Crippen LogP contribution in [0.15, 0.2) is 24.3 Å². The maximum atomic E-state index is 11.6. The van der Waals surface area contributed by atoms with Crippen LogP contribution in [-0.4, -0.2) is 62.1 Å². The fourth-order valence-corrected chi connectivity index (χ4v) is 2.44. The van der Waals surface area contributed by atoms with E-state index >= 15 is 0 Å². The first-order valence-corrected chi connectivity index (χ1v) is 7.43. The molecule has 1 fully saturated rings. The normalized spacial score (nSPS) is 18.4. The molecule has 1 atom stereocenters. The lowest BCUT2D eigenvalue weighted by molar-refractivity contribution is -0.130. The fourth-order valence-electron chi connectivity index (χ4n) is 2.44. The molecule has 5 nitrogen and oxygen atoms in total. The predicted molar refractivity (Wildman–Crippen MR) is 90.6 cm³/mol. The second-order valence-electron chi connectivity index (χ2n) is 5.77. The Bertz CT molecular complexity index is 482. The first-order chi connectivity index (χ1) is 10.1. The second kappa shape index (κ2) is 8.98. The molecule has 1 heterocycles. The third-order valence-electron chi connectivity index (χ3n) is 3.67. The second-order valence-corrected chi connectivity index (χ2v) is 5.77. The molecule has 2 rings (SSSR count). The van der Waals surface area contributed by atoms with Gasteiger partial charge >= 0.3 is 0 Å². The average Bonchev–Trinajstić information content (AvgIpc) is 2.46. The van der Waals surface area contributed by atoms with Gasteiger partial charge in [-0.15, -0.1) is 12.4 Å². The number of hydrogen-bond acceptors (Lipinski definition) is 4. The van der Waals surface area contributed by atoms with Crippen molar-refractivity contribution in [3.8, 4) is 5.75 Å². The Labute approximate surface area is 139 Å². The van der Waals surface area contributed by atoms with E-state index in [0.29, 0.717) is 6.04 Å². The van der Waals surface area contributed by atoms with Crippen molar-refractivity contribution >= 4 is 18.3 Å². The van der Waals surface area contributed by atoms with Crippen LogP contribution in [0.3, 0.4) is 0 Å². The maximum Gasteiger partial charge on any atom is 0.259 e. The highest BCUT2D eigenvalue weighted by Crippen LogP contribution is 2.20. The van der Waals surface area contributed by atoms with E-state index in [1.165, 1.54) is 0 Å². The first-order valence-electron chi connectivity index (χ1n) is 7.43. The summed E-state index contributed by atoms with van der Waals surface area (Å²) in [6, 6.07) is 8.48. The van der Waals surface area contributed by atoms with Crippen molar-refractivity contribution in [3.63, 3.8) is 0 Å². The van der Waals surface area contributed by atoms with Gasteiger partial charge in [0.25, 0.3) is 5.91 Å². The Kier molecular flexibility index (Phi) is 7.65. The molecule has 0 aromatic heterocycles. The lowest BCUT2D eigenvalue weighted by Crippen LogP contribution is -2.48. The van der Waals surface area contributed by atoms with Crippen LogP contribution in [0, 0.1) is 0 Å². The van der Waals surface area contributed by atoms with Crippen LogP contribution < -0.4 is 10.1 Å². The van der Waals surface area contributed by atoms with E-state index in [1.54, 1.807) is 19.0 Å². The van der Waals surface area contributed by atoms with Gasteiger partial charge in [0.15, 0.2) is 6.61 Å². The highest BCUT2D eigenvalue weighted by molar-refractivity contribution is 5.85. The number of carbonyl (C=O) groups excluding carboxylic acids is 1. The third kappa shape index (κ3) is 5.48. The number of carbonyl (C=O) groups is 1. The molecule has 1 saturated heterocycles. The van der Waals surface area contributed by atoms with Crippen LogP contribution >= 0.6 is 12.4 Å². The average molecular weight is 328 g/mol. The van der Waals surface area contributed by atoms with Gasteiger partial charge in [-0.1, -0.05) is 18.2 Å². The number of hydrogen-bond donors (Lipinski definition) is 1. The van der Waals surface area contributed by atoms with Crippen molar-refractivity contribution in [3.05, 3.63) is 29.8 Å². The highest BCUT2D eigenvalue weighted by atomic mass is 35.5. The van der Waals surface area contributed by atoms with Crippen molar-refractivity contribution in [2.24, 2.45) is 0 Å². The molecule has 22 heavy (non-hydrogen) atoms. The number of amides is 1. The van der Waals surface area contributed by atoms with Crippen molar-refractivity contribution in [1.29, 1.82) is 0 Å². The summed E-state index contributed by atoms with van der Waals surface area (Å²) in [7, 11) is 3.47. The largest absolute Gasteiger partial charge is 0.483 e. The summed E-state index contributed by atoms with van der Waals surface area (Å²) in [6.45, 7) is 6.23. The van der Waals surface area contributed by atoms with Crippen molar-refractivity contribution < 1.29 is 9.53 Å². The number of piperazine rings is 1. The summed E-state index contributed by atoms with van der Waals surface area (Å²) in [5, 5.41) is 3.44. The molecule has 0 bridgehead atoms. The molecule has 1 aliphatic rings. The molecule has 0 spiro atoms. The molecular formula is C16H26ClN3O2. The number of nitrogens with one attached hydrogen (secondary N) is 1. The highest BCUT2D eigenvalue weighted by Gasteiger charge is 2.17. The first kappa shape index (κ1) is 18.7. The molecule has 0 saturated carbocycles. The van der Waals surface area contributed by atoms with Crippen LogP contribution in [0.5, 0.6) is 5.75 Å². The van der Waals surface area contributed by atoms with E-state index in [0.717, 1.165) is 37.5 Å². The van der Waals surface area contributed by atoms with Crippen LogP contribution in [0.2, 0.25) is 0 Å². The van der Waals surface area contributed by atoms with Gasteiger partial charge in [0.05, 0.1) is 0 Å². The lowest BCUT2D eigenvalue weighted by atomic mass is 10.1. The van der Waals surface area contributed by atoms with Gasteiger partial charge in [0, 0.05) is 51.9 Å². The molecule has 0 aliphatic carbocycles. The smallest absolute Gasteiger partial charge is 0.259 e. The Balaban J connectivity index is 0.00000242. The van der Waals surface area contributed by atoms with E-state index < -0.39 is 0 Å².